The Morgan fingerprint density at radius 2 is 1.33 bits per heavy atom. The first-order chi connectivity index (χ1) is 13.3. The summed E-state index contributed by atoms with van der Waals surface area (Å²) in [4.78, 5) is 4.56. The molecule has 0 N–H and O–H groups in total. The van der Waals surface area contributed by atoms with Crippen molar-refractivity contribution in [2.75, 3.05) is 6.61 Å². The maximum absolute atomic E-state index is 5.48. The summed E-state index contributed by atoms with van der Waals surface area (Å²) in [5.41, 5.74) is 1.23. The molecule has 152 valence electrons. The highest BCUT2D eigenvalue weighted by Gasteiger charge is 2.24. The smallest absolute Gasteiger partial charge is 0.137 e. The monoisotopic (exact) mass is 371 g/mol. The van der Waals surface area contributed by atoms with Gasteiger partial charge in [-0.1, -0.05) is 77.6 Å². The van der Waals surface area contributed by atoms with E-state index in [1.165, 1.54) is 82.7 Å². The van der Waals surface area contributed by atoms with E-state index in [9.17, 15) is 0 Å². The number of ether oxygens (including phenoxy) is 1. The summed E-state index contributed by atoms with van der Waals surface area (Å²) >= 11 is 0. The Labute approximate surface area is 167 Å². The molecule has 0 amide bonds. The molecule has 2 nitrogen and oxygen atoms in total. The van der Waals surface area contributed by atoms with Crippen molar-refractivity contribution in [2.24, 2.45) is 23.7 Å². The Kier molecular flexibility index (Phi) is 8.48. The number of aryl methyl sites for hydroxylation is 1. The van der Waals surface area contributed by atoms with Gasteiger partial charge in [0.2, 0.25) is 0 Å². The second-order valence-corrected chi connectivity index (χ2v) is 9.22. The van der Waals surface area contributed by atoms with Gasteiger partial charge in [0.15, 0.2) is 0 Å². The number of pyridine rings is 1. The minimum atomic E-state index is 0.713. The summed E-state index contributed by atoms with van der Waals surface area (Å²) in [6.45, 7) is 5.10. The SMILES string of the molecule is CCOc1ccc(CCC2CCC(CC[C@H]3CC[C@H](CC)CC3)CC2)nc1. The molecule has 3 rings (SSSR count). The molecule has 0 aromatic carbocycles. The Bertz CT molecular complexity index is 510. The number of nitrogens with zero attached hydrogens (tertiary/aromatic N) is 1. The standard InChI is InChI=1S/C25H41NO/c1-3-20-5-7-21(8-6-20)9-10-22-11-13-23(14-12-22)15-16-24-17-18-25(19-26-24)27-4-2/h17-23H,3-16H2,1-2H3/t20-,21-,22?,23?. The van der Waals surface area contributed by atoms with Crippen LogP contribution in [0.4, 0.5) is 0 Å². The Balaban J connectivity index is 1.28. The molecule has 2 fully saturated rings. The number of aromatic nitrogens is 1. The highest BCUT2D eigenvalue weighted by Crippen LogP contribution is 2.38. The van der Waals surface area contributed by atoms with Gasteiger partial charge in [0.05, 0.1) is 12.8 Å². The molecule has 0 radical (unpaired) electrons. The molecule has 0 unspecified atom stereocenters. The second-order valence-electron chi connectivity index (χ2n) is 9.22. The quantitative estimate of drug-likeness (QED) is 0.457. The maximum Gasteiger partial charge on any atom is 0.137 e. The van der Waals surface area contributed by atoms with Gasteiger partial charge >= 0.3 is 0 Å². The van der Waals surface area contributed by atoms with Crippen molar-refractivity contribution in [2.45, 2.75) is 97.3 Å². The fraction of sp³-hybridized carbons (Fsp3) is 0.800. The van der Waals surface area contributed by atoms with Crippen LogP contribution < -0.4 is 4.74 Å². The summed E-state index contributed by atoms with van der Waals surface area (Å²) in [6, 6.07) is 4.21. The molecule has 0 bridgehead atoms. The van der Waals surface area contributed by atoms with E-state index in [0.29, 0.717) is 6.61 Å². The lowest BCUT2D eigenvalue weighted by Crippen LogP contribution is -2.18. The summed E-state index contributed by atoms with van der Waals surface area (Å²) in [5, 5.41) is 0. The fourth-order valence-corrected chi connectivity index (χ4v) is 5.37. The molecule has 2 aliphatic carbocycles. The van der Waals surface area contributed by atoms with E-state index in [4.69, 9.17) is 4.74 Å². The van der Waals surface area contributed by atoms with E-state index in [0.717, 1.165) is 35.8 Å². The lowest BCUT2D eigenvalue weighted by atomic mass is 9.74. The first-order valence-electron chi connectivity index (χ1n) is 11.8. The first kappa shape index (κ1) is 20.7. The normalized spacial score (nSPS) is 28.8. The van der Waals surface area contributed by atoms with E-state index in [2.05, 4.69) is 24.0 Å². The predicted octanol–water partition coefficient (Wildman–Crippen LogP) is 7.22. The van der Waals surface area contributed by atoms with Crippen LogP contribution in [0.5, 0.6) is 5.75 Å². The first-order valence-corrected chi connectivity index (χ1v) is 11.8. The van der Waals surface area contributed by atoms with Crippen LogP contribution in [0.15, 0.2) is 18.3 Å². The van der Waals surface area contributed by atoms with Crippen molar-refractivity contribution in [1.82, 2.24) is 4.98 Å². The van der Waals surface area contributed by atoms with Gasteiger partial charge in [-0.05, 0) is 55.6 Å². The molecule has 0 spiro atoms. The zero-order chi connectivity index (χ0) is 18.9. The lowest BCUT2D eigenvalue weighted by molar-refractivity contribution is 0.211. The number of hydrogen-bond acceptors (Lipinski definition) is 2. The molecule has 2 heteroatoms. The van der Waals surface area contributed by atoms with E-state index in [1.807, 2.05) is 13.1 Å². The van der Waals surface area contributed by atoms with E-state index < -0.39 is 0 Å². The summed E-state index contributed by atoms with van der Waals surface area (Å²) in [6.07, 6.45) is 20.7. The maximum atomic E-state index is 5.48. The lowest BCUT2D eigenvalue weighted by Gasteiger charge is -2.31. The second kappa shape index (κ2) is 11.1. The average molecular weight is 372 g/mol. The van der Waals surface area contributed by atoms with Crippen LogP contribution >= 0.6 is 0 Å². The van der Waals surface area contributed by atoms with Crippen molar-refractivity contribution in [3.8, 4) is 5.75 Å². The van der Waals surface area contributed by atoms with Crippen LogP contribution in [-0.4, -0.2) is 11.6 Å². The zero-order valence-electron chi connectivity index (χ0n) is 17.8. The van der Waals surface area contributed by atoms with E-state index in [-0.39, 0.29) is 0 Å². The van der Waals surface area contributed by atoms with Gasteiger partial charge in [0, 0.05) is 5.69 Å². The van der Waals surface area contributed by atoms with Crippen LogP contribution in [-0.2, 0) is 6.42 Å². The van der Waals surface area contributed by atoms with Crippen LogP contribution in [0.2, 0.25) is 0 Å². The van der Waals surface area contributed by atoms with Gasteiger partial charge < -0.3 is 4.74 Å². The topological polar surface area (TPSA) is 22.1 Å². The van der Waals surface area contributed by atoms with Crippen LogP contribution in [0, 0.1) is 23.7 Å². The van der Waals surface area contributed by atoms with Gasteiger partial charge in [0.25, 0.3) is 0 Å². The number of hydrogen-bond donors (Lipinski definition) is 0. The van der Waals surface area contributed by atoms with Crippen LogP contribution in [0.25, 0.3) is 0 Å². The fourth-order valence-electron chi connectivity index (χ4n) is 5.37. The summed E-state index contributed by atoms with van der Waals surface area (Å²) in [7, 11) is 0. The molecule has 0 aliphatic heterocycles. The Morgan fingerprint density at radius 3 is 1.81 bits per heavy atom. The highest BCUT2D eigenvalue weighted by atomic mass is 16.5. The van der Waals surface area contributed by atoms with Gasteiger partial charge in [-0.25, -0.2) is 0 Å². The third kappa shape index (κ3) is 6.80. The minimum Gasteiger partial charge on any atom is -0.492 e. The summed E-state index contributed by atoms with van der Waals surface area (Å²) in [5.74, 6) is 4.94. The third-order valence-corrected chi connectivity index (χ3v) is 7.41. The Morgan fingerprint density at radius 1 is 0.778 bits per heavy atom. The van der Waals surface area contributed by atoms with Crippen LogP contribution in [0.3, 0.4) is 0 Å². The van der Waals surface area contributed by atoms with E-state index >= 15 is 0 Å². The predicted molar refractivity (Wildman–Crippen MR) is 114 cm³/mol. The molecule has 2 saturated carbocycles. The van der Waals surface area contributed by atoms with Crippen LogP contribution in [0.1, 0.15) is 96.6 Å². The summed E-state index contributed by atoms with van der Waals surface area (Å²) < 4.78 is 5.48. The molecule has 0 atom stereocenters. The molecule has 1 aromatic rings. The van der Waals surface area contributed by atoms with Gasteiger partial charge in [0.1, 0.15) is 5.75 Å². The molecule has 1 aromatic heterocycles. The van der Waals surface area contributed by atoms with Crippen molar-refractivity contribution in [3.05, 3.63) is 24.0 Å². The minimum absolute atomic E-state index is 0.713. The average Bonchev–Trinajstić information content (AvgIpc) is 2.73. The molecular weight excluding hydrogens is 330 g/mol. The van der Waals surface area contributed by atoms with E-state index in [1.54, 1.807) is 0 Å². The molecular formula is C25H41NO. The third-order valence-electron chi connectivity index (χ3n) is 7.41. The van der Waals surface area contributed by atoms with Crippen molar-refractivity contribution in [3.63, 3.8) is 0 Å². The number of rotatable bonds is 9. The molecule has 27 heavy (non-hydrogen) atoms. The molecule has 1 heterocycles. The van der Waals surface area contributed by atoms with Crippen molar-refractivity contribution >= 4 is 0 Å². The highest BCUT2D eigenvalue weighted by molar-refractivity contribution is 5.19. The van der Waals surface area contributed by atoms with Crippen molar-refractivity contribution < 1.29 is 4.74 Å². The zero-order valence-corrected chi connectivity index (χ0v) is 17.8. The largest absolute Gasteiger partial charge is 0.492 e. The van der Waals surface area contributed by atoms with Gasteiger partial charge in [-0.15, -0.1) is 0 Å². The Hall–Kier alpha value is -1.05. The molecule has 2 aliphatic rings. The molecule has 0 saturated heterocycles. The van der Waals surface area contributed by atoms with Crippen molar-refractivity contribution in [1.29, 1.82) is 0 Å². The van der Waals surface area contributed by atoms with Gasteiger partial charge in [-0.2, -0.15) is 0 Å². The van der Waals surface area contributed by atoms with Gasteiger partial charge in [-0.3, -0.25) is 4.98 Å².